The van der Waals surface area contributed by atoms with Crippen LogP contribution in [0.3, 0.4) is 0 Å². The van der Waals surface area contributed by atoms with Crippen molar-refractivity contribution in [3.8, 4) is 0 Å². The first kappa shape index (κ1) is 16.9. The normalized spacial score (nSPS) is 10.8. The van der Waals surface area contributed by atoms with Gasteiger partial charge in [-0.2, -0.15) is 8.75 Å². The fourth-order valence-electron chi connectivity index (χ4n) is 2.18. The Bertz CT molecular complexity index is 1030. The van der Waals surface area contributed by atoms with Gasteiger partial charge in [0.2, 0.25) is 11.0 Å². The standard InChI is InChI=1S/C16H12N6OS3/c23-13(18-11-7-4-8-12-14(11)22-26-21-12)9-24-16-20-19-15(25-16)17-10-5-2-1-3-6-10/h1-8H,9H2,(H,17,19)(H,18,23). The third kappa shape index (κ3) is 3.98. The van der Waals surface area contributed by atoms with Crippen LogP contribution in [0.15, 0.2) is 52.9 Å². The predicted molar refractivity (Wildman–Crippen MR) is 106 cm³/mol. The minimum absolute atomic E-state index is 0.122. The lowest BCUT2D eigenvalue weighted by Crippen LogP contribution is -2.14. The number of para-hydroxylation sites is 1. The first-order valence-electron chi connectivity index (χ1n) is 7.57. The highest BCUT2D eigenvalue weighted by atomic mass is 32.2. The maximum Gasteiger partial charge on any atom is 0.234 e. The molecule has 0 spiro atoms. The first-order chi connectivity index (χ1) is 12.8. The van der Waals surface area contributed by atoms with Gasteiger partial charge in [0, 0.05) is 5.69 Å². The molecule has 4 rings (SSSR count). The molecule has 130 valence electrons. The SMILES string of the molecule is O=C(CSc1nnc(Nc2ccccc2)s1)Nc1cccc2nsnc12. The quantitative estimate of drug-likeness (QED) is 0.472. The van der Waals surface area contributed by atoms with E-state index >= 15 is 0 Å². The number of aromatic nitrogens is 4. The number of nitrogens with one attached hydrogen (secondary N) is 2. The van der Waals surface area contributed by atoms with E-state index in [1.807, 2.05) is 48.5 Å². The number of amides is 1. The van der Waals surface area contributed by atoms with Crippen molar-refractivity contribution in [2.75, 3.05) is 16.4 Å². The average molecular weight is 401 g/mol. The Labute approximate surface area is 161 Å². The maximum atomic E-state index is 12.2. The third-order valence-electron chi connectivity index (χ3n) is 3.32. The van der Waals surface area contributed by atoms with Gasteiger partial charge in [-0.3, -0.25) is 4.79 Å². The summed E-state index contributed by atoms with van der Waals surface area (Å²) in [6.07, 6.45) is 0. The molecule has 0 saturated carbocycles. The van der Waals surface area contributed by atoms with Crippen molar-refractivity contribution in [1.29, 1.82) is 0 Å². The van der Waals surface area contributed by atoms with Crippen molar-refractivity contribution in [3.05, 3.63) is 48.5 Å². The molecule has 2 aromatic heterocycles. The number of nitrogens with zero attached hydrogens (tertiary/aromatic N) is 4. The molecule has 0 fully saturated rings. The Balaban J connectivity index is 1.34. The lowest BCUT2D eigenvalue weighted by molar-refractivity contribution is -0.113. The van der Waals surface area contributed by atoms with Crippen molar-refractivity contribution >= 4 is 68.3 Å². The fraction of sp³-hybridized carbons (Fsp3) is 0.0625. The van der Waals surface area contributed by atoms with Crippen LogP contribution in [-0.2, 0) is 4.79 Å². The number of fused-ring (bicyclic) bond motifs is 1. The van der Waals surface area contributed by atoms with E-state index in [1.165, 1.54) is 23.1 Å². The lowest BCUT2D eigenvalue weighted by atomic mass is 10.2. The average Bonchev–Trinajstić information content (AvgIpc) is 3.31. The van der Waals surface area contributed by atoms with Crippen molar-refractivity contribution in [2.45, 2.75) is 4.34 Å². The molecular weight excluding hydrogens is 388 g/mol. The Morgan fingerprint density at radius 2 is 1.92 bits per heavy atom. The molecule has 26 heavy (non-hydrogen) atoms. The Kier molecular flexibility index (Phi) is 5.04. The minimum Gasteiger partial charge on any atom is -0.330 e. The summed E-state index contributed by atoms with van der Waals surface area (Å²) in [5.41, 5.74) is 3.11. The summed E-state index contributed by atoms with van der Waals surface area (Å²) < 4.78 is 9.11. The summed E-state index contributed by atoms with van der Waals surface area (Å²) in [4.78, 5) is 12.2. The van der Waals surface area contributed by atoms with E-state index in [2.05, 4.69) is 29.6 Å². The zero-order chi connectivity index (χ0) is 17.8. The topological polar surface area (TPSA) is 92.7 Å². The van der Waals surface area contributed by atoms with E-state index in [1.54, 1.807) is 0 Å². The summed E-state index contributed by atoms with van der Waals surface area (Å²) in [5.74, 6) is 0.122. The van der Waals surface area contributed by atoms with Crippen LogP contribution in [0.25, 0.3) is 11.0 Å². The maximum absolute atomic E-state index is 12.2. The van der Waals surface area contributed by atoms with Crippen LogP contribution < -0.4 is 10.6 Å². The van der Waals surface area contributed by atoms with E-state index in [4.69, 9.17) is 0 Å². The third-order valence-corrected chi connectivity index (χ3v) is 5.83. The zero-order valence-electron chi connectivity index (χ0n) is 13.2. The number of benzene rings is 2. The largest absolute Gasteiger partial charge is 0.330 e. The molecule has 0 radical (unpaired) electrons. The zero-order valence-corrected chi connectivity index (χ0v) is 15.7. The summed E-state index contributed by atoms with van der Waals surface area (Å²) in [6, 6.07) is 15.3. The molecule has 2 aromatic carbocycles. The second kappa shape index (κ2) is 7.77. The Morgan fingerprint density at radius 1 is 1.04 bits per heavy atom. The van der Waals surface area contributed by atoms with Crippen LogP contribution in [0.4, 0.5) is 16.5 Å². The predicted octanol–water partition coefficient (Wildman–Crippen LogP) is 4.02. The van der Waals surface area contributed by atoms with E-state index in [-0.39, 0.29) is 11.7 Å². The number of rotatable bonds is 6. The van der Waals surface area contributed by atoms with Crippen LogP contribution in [0.1, 0.15) is 0 Å². The number of anilines is 3. The molecule has 4 aromatic rings. The number of thioether (sulfide) groups is 1. The summed E-state index contributed by atoms with van der Waals surface area (Å²) in [5, 5.41) is 14.9. The molecule has 0 unspecified atom stereocenters. The first-order valence-corrected chi connectivity index (χ1v) is 10.1. The van der Waals surface area contributed by atoms with Crippen LogP contribution in [0.2, 0.25) is 0 Å². The smallest absolute Gasteiger partial charge is 0.234 e. The molecule has 0 aliphatic carbocycles. The Hall–Kier alpha value is -2.56. The van der Waals surface area contributed by atoms with Crippen LogP contribution in [-0.4, -0.2) is 30.6 Å². The number of hydrogen-bond acceptors (Lipinski definition) is 9. The second-order valence-electron chi connectivity index (χ2n) is 5.14. The number of carbonyl (C=O) groups is 1. The van der Waals surface area contributed by atoms with Crippen molar-refractivity contribution in [3.63, 3.8) is 0 Å². The van der Waals surface area contributed by atoms with Gasteiger partial charge in [-0.05, 0) is 24.3 Å². The van der Waals surface area contributed by atoms with Gasteiger partial charge in [0.15, 0.2) is 4.34 Å². The van der Waals surface area contributed by atoms with Crippen molar-refractivity contribution in [2.24, 2.45) is 0 Å². The highest BCUT2D eigenvalue weighted by Gasteiger charge is 2.11. The molecule has 1 amide bonds. The van der Waals surface area contributed by atoms with E-state index < -0.39 is 0 Å². The molecule has 0 bridgehead atoms. The van der Waals surface area contributed by atoms with Crippen LogP contribution >= 0.6 is 34.8 Å². The highest BCUT2D eigenvalue weighted by molar-refractivity contribution is 8.01. The fourth-order valence-corrected chi connectivity index (χ4v) is 4.31. The Morgan fingerprint density at radius 3 is 2.81 bits per heavy atom. The molecule has 2 N–H and O–H groups in total. The van der Waals surface area contributed by atoms with Crippen molar-refractivity contribution < 1.29 is 4.79 Å². The van der Waals surface area contributed by atoms with Gasteiger partial charge >= 0.3 is 0 Å². The van der Waals surface area contributed by atoms with Gasteiger partial charge < -0.3 is 10.6 Å². The van der Waals surface area contributed by atoms with Crippen LogP contribution in [0, 0.1) is 0 Å². The monoisotopic (exact) mass is 400 g/mol. The second-order valence-corrected chi connectivity index (χ2v) is 7.87. The summed E-state index contributed by atoms with van der Waals surface area (Å²) >= 11 is 3.88. The molecule has 0 atom stereocenters. The van der Waals surface area contributed by atoms with Gasteiger partial charge in [-0.25, -0.2) is 0 Å². The van der Waals surface area contributed by atoms with Gasteiger partial charge in [0.05, 0.1) is 23.2 Å². The van der Waals surface area contributed by atoms with E-state index in [0.29, 0.717) is 16.3 Å². The minimum atomic E-state index is -0.122. The van der Waals surface area contributed by atoms with E-state index in [9.17, 15) is 4.79 Å². The molecule has 2 heterocycles. The molecule has 7 nitrogen and oxygen atoms in total. The van der Waals surface area contributed by atoms with Crippen LogP contribution in [0.5, 0.6) is 0 Å². The van der Waals surface area contributed by atoms with Gasteiger partial charge in [0.25, 0.3) is 0 Å². The lowest BCUT2D eigenvalue weighted by Gasteiger charge is -2.04. The van der Waals surface area contributed by atoms with Crippen molar-refractivity contribution in [1.82, 2.24) is 18.9 Å². The van der Waals surface area contributed by atoms with Gasteiger partial charge in [-0.15, -0.1) is 10.2 Å². The van der Waals surface area contributed by atoms with Gasteiger partial charge in [0.1, 0.15) is 11.0 Å². The summed E-state index contributed by atoms with van der Waals surface area (Å²) in [6.45, 7) is 0. The molecule has 0 saturated heterocycles. The molecule has 0 aliphatic heterocycles. The number of hydrogen-bond donors (Lipinski definition) is 2. The number of carbonyl (C=O) groups excluding carboxylic acids is 1. The van der Waals surface area contributed by atoms with E-state index in [0.717, 1.165) is 27.3 Å². The summed E-state index contributed by atoms with van der Waals surface area (Å²) in [7, 11) is 0. The molecule has 0 aliphatic rings. The van der Waals surface area contributed by atoms with Gasteiger partial charge in [-0.1, -0.05) is 47.4 Å². The highest BCUT2D eigenvalue weighted by Crippen LogP contribution is 2.28. The molecule has 10 heteroatoms. The molecular formula is C16H12N6OS3.